The summed E-state index contributed by atoms with van der Waals surface area (Å²) in [5.74, 6) is 1.23. The maximum atomic E-state index is 4.37. The third kappa shape index (κ3) is 3.70. The van der Waals surface area contributed by atoms with Crippen molar-refractivity contribution in [3.05, 3.63) is 66.5 Å². The van der Waals surface area contributed by atoms with Crippen molar-refractivity contribution >= 4 is 37.6 Å². The van der Waals surface area contributed by atoms with Crippen molar-refractivity contribution in [2.24, 2.45) is 7.05 Å². The predicted molar refractivity (Wildman–Crippen MR) is 138 cm³/mol. The van der Waals surface area contributed by atoms with Gasteiger partial charge in [-0.25, -0.2) is 4.57 Å². The highest BCUT2D eigenvalue weighted by molar-refractivity contribution is 6.93. The summed E-state index contributed by atoms with van der Waals surface area (Å²) >= 11 is 0. The van der Waals surface area contributed by atoms with Crippen molar-refractivity contribution in [3.63, 3.8) is 0 Å². The zero-order valence-electron chi connectivity index (χ0n) is 20.1. The number of aromatic nitrogens is 3. The SMILES string of the molecule is Cc1cnccc1-c1n(-c2c([Si](C)(C)C)cccc2[Si](C)(C)C)c2ccccc2[n+]1C. The second-order valence-corrected chi connectivity index (χ2v) is 20.7. The van der Waals surface area contributed by atoms with Gasteiger partial charge < -0.3 is 0 Å². The number of benzene rings is 2. The standard InChI is InChI=1S/C26H34N3Si2/c1-19-18-27-17-16-20(19)26-28(2)21-12-9-10-13-22(21)29(26)25-23(30(3,4)5)14-11-15-24(25)31(6,7)8/h9-18H,1-8H3/q+1. The number of rotatable bonds is 4. The molecule has 0 amide bonds. The van der Waals surface area contributed by atoms with Gasteiger partial charge in [-0.1, -0.05) is 69.6 Å². The van der Waals surface area contributed by atoms with Crippen LogP contribution in [-0.2, 0) is 7.05 Å². The second kappa shape index (κ2) is 7.57. The van der Waals surface area contributed by atoms with Crippen molar-refractivity contribution in [3.8, 4) is 17.1 Å². The van der Waals surface area contributed by atoms with Crippen molar-refractivity contribution in [1.82, 2.24) is 9.55 Å². The molecule has 0 saturated heterocycles. The first-order valence-electron chi connectivity index (χ1n) is 11.1. The molecule has 0 aliphatic carbocycles. The number of pyridine rings is 1. The third-order valence-electron chi connectivity index (χ3n) is 6.15. The van der Waals surface area contributed by atoms with Crippen molar-refractivity contribution in [2.75, 3.05) is 0 Å². The molecule has 31 heavy (non-hydrogen) atoms. The number of fused-ring (bicyclic) bond motifs is 1. The molecule has 2 heterocycles. The van der Waals surface area contributed by atoms with E-state index in [4.69, 9.17) is 0 Å². The Hall–Kier alpha value is -2.51. The third-order valence-corrected chi connectivity index (χ3v) is 10.2. The minimum Gasteiger partial charge on any atom is -0.264 e. The van der Waals surface area contributed by atoms with Gasteiger partial charge in [0.1, 0.15) is 5.69 Å². The second-order valence-electron chi connectivity index (χ2n) is 10.6. The summed E-state index contributed by atoms with van der Waals surface area (Å²) in [6.07, 6.45) is 3.88. The van der Waals surface area contributed by atoms with Crippen LogP contribution in [-0.4, -0.2) is 25.7 Å². The van der Waals surface area contributed by atoms with Crippen LogP contribution >= 0.6 is 0 Å². The lowest BCUT2D eigenvalue weighted by molar-refractivity contribution is -0.633. The number of aryl methyl sites for hydroxylation is 2. The molecule has 2 aromatic heterocycles. The Morgan fingerprint density at radius 1 is 0.806 bits per heavy atom. The Kier molecular flexibility index (Phi) is 5.30. The van der Waals surface area contributed by atoms with Gasteiger partial charge in [0.2, 0.25) is 0 Å². The topological polar surface area (TPSA) is 21.7 Å². The number of hydrogen-bond donors (Lipinski definition) is 0. The van der Waals surface area contributed by atoms with Crippen LogP contribution < -0.4 is 14.9 Å². The van der Waals surface area contributed by atoms with E-state index < -0.39 is 16.1 Å². The molecule has 0 bridgehead atoms. The Morgan fingerprint density at radius 2 is 1.42 bits per heavy atom. The summed E-state index contributed by atoms with van der Waals surface area (Å²) in [6.45, 7) is 16.9. The molecule has 0 N–H and O–H groups in total. The molecule has 0 aliphatic rings. The van der Waals surface area contributed by atoms with Gasteiger partial charge in [-0.2, -0.15) is 4.57 Å². The molecule has 2 aromatic carbocycles. The fraction of sp³-hybridized carbons (Fsp3) is 0.308. The quantitative estimate of drug-likeness (QED) is 0.323. The highest BCUT2D eigenvalue weighted by Gasteiger charge is 2.35. The zero-order chi connectivity index (χ0) is 22.6. The molecule has 0 fully saturated rings. The smallest absolute Gasteiger partial charge is 0.264 e. The Morgan fingerprint density at radius 3 is 2.00 bits per heavy atom. The summed E-state index contributed by atoms with van der Waals surface area (Å²) in [6, 6.07) is 18.0. The van der Waals surface area contributed by atoms with Gasteiger partial charge in [-0.3, -0.25) is 4.98 Å². The van der Waals surface area contributed by atoms with Gasteiger partial charge in [0.25, 0.3) is 5.82 Å². The predicted octanol–water partition coefficient (Wildman–Crippen LogP) is 4.92. The zero-order valence-corrected chi connectivity index (χ0v) is 22.1. The summed E-state index contributed by atoms with van der Waals surface area (Å²) in [4.78, 5) is 4.37. The highest BCUT2D eigenvalue weighted by atomic mass is 28.3. The number of imidazole rings is 1. The van der Waals surface area contributed by atoms with E-state index in [0.29, 0.717) is 0 Å². The van der Waals surface area contributed by atoms with Crippen LogP contribution in [0.25, 0.3) is 28.1 Å². The molecule has 5 heteroatoms. The van der Waals surface area contributed by atoms with Gasteiger partial charge in [0.15, 0.2) is 11.0 Å². The van der Waals surface area contributed by atoms with Crippen LogP contribution in [0.3, 0.4) is 0 Å². The van der Waals surface area contributed by atoms with Gasteiger partial charge in [0, 0.05) is 12.4 Å². The largest absolute Gasteiger partial charge is 0.295 e. The molecule has 0 spiro atoms. The Balaban J connectivity index is 2.26. The fourth-order valence-corrected chi connectivity index (χ4v) is 7.79. The first-order valence-corrected chi connectivity index (χ1v) is 18.1. The Labute approximate surface area is 188 Å². The maximum Gasteiger partial charge on any atom is 0.295 e. The molecular weight excluding hydrogens is 410 g/mol. The van der Waals surface area contributed by atoms with E-state index in [0.717, 1.165) is 0 Å². The summed E-state index contributed by atoms with van der Waals surface area (Å²) < 4.78 is 4.91. The van der Waals surface area contributed by atoms with E-state index in [9.17, 15) is 0 Å². The average molecular weight is 445 g/mol. The first-order chi connectivity index (χ1) is 14.5. The molecule has 160 valence electrons. The molecule has 4 rings (SSSR count). The highest BCUT2D eigenvalue weighted by Crippen LogP contribution is 2.29. The Bertz CT molecular complexity index is 1240. The van der Waals surface area contributed by atoms with Crippen LogP contribution in [0.1, 0.15) is 5.56 Å². The van der Waals surface area contributed by atoms with E-state index in [2.05, 4.69) is 116 Å². The van der Waals surface area contributed by atoms with Gasteiger partial charge in [-0.15, -0.1) is 0 Å². The van der Waals surface area contributed by atoms with E-state index in [-0.39, 0.29) is 0 Å². The van der Waals surface area contributed by atoms with E-state index in [1.54, 1.807) is 0 Å². The lowest BCUT2D eigenvalue weighted by Gasteiger charge is -2.26. The fourth-order valence-electron chi connectivity index (χ4n) is 4.56. The summed E-state index contributed by atoms with van der Waals surface area (Å²) in [5.41, 5.74) is 6.37. The molecular formula is C26H34N3Si2+. The lowest BCUT2D eigenvalue weighted by Crippen LogP contribution is -2.49. The summed E-state index contributed by atoms with van der Waals surface area (Å²) in [7, 11) is -1.02. The average Bonchev–Trinajstić information content (AvgIpc) is 2.99. The summed E-state index contributed by atoms with van der Waals surface area (Å²) in [5, 5.41) is 3.06. The van der Waals surface area contributed by atoms with Crippen LogP contribution in [0.2, 0.25) is 39.3 Å². The van der Waals surface area contributed by atoms with E-state index in [1.165, 1.54) is 44.0 Å². The van der Waals surface area contributed by atoms with Gasteiger partial charge >= 0.3 is 0 Å². The molecule has 0 unspecified atom stereocenters. The van der Waals surface area contributed by atoms with Crippen molar-refractivity contribution in [1.29, 1.82) is 0 Å². The van der Waals surface area contributed by atoms with Crippen molar-refractivity contribution < 1.29 is 4.57 Å². The molecule has 0 atom stereocenters. The normalized spacial score (nSPS) is 12.5. The minimum atomic E-state index is -1.61. The van der Waals surface area contributed by atoms with Gasteiger partial charge in [-0.05, 0) is 41.1 Å². The van der Waals surface area contributed by atoms with E-state index >= 15 is 0 Å². The van der Waals surface area contributed by atoms with Crippen LogP contribution in [0.15, 0.2) is 60.9 Å². The molecule has 0 saturated carbocycles. The monoisotopic (exact) mass is 444 g/mol. The maximum absolute atomic E-state index is 4.37. The van der Waals surface area contributed by atoms with Crippen LogP contribution in [0.5, 0.6) is 0 Å². The first kappa shape index (κ1) is 21.7. The molecule has 4 aromatic rings. The number of nitrogens with zero attached hydrogens (tertiary/aromatic N) is 3. The minimum absolute atomic E-state index is 1.20. The molecule has 0 aliphatic heterocycles. The van der Waals surface area contributed by atoms with Crippen molar-refractivity contribution in [2.45, 2.75) is 46.2 Å². The van der Waals surface area contributed by atoms with Crippen LogP contribution in [0, 0.1) is 6.92 Å². The number of hydrogen-bond acceptors (Lipinski definition) is 1. The van der Waals surface area contributed by atoms with Crippen LogP contribution in [0.4, 0.5) is 0 Å². The van der Waals surface area contributed by atoms with E-state index in [1.807, 2.05) is 12.4 Å². The molecule has 0 radical (unpaired) electrons. The number of para-hydroxylation sites is 3. The lowest BCUT2D eigenvalue weighted by atomic mass is 10.1. The van der Waals surface area contributed by atoms with Gasteiger partial charge in [0.05, 0.1) is 28.8 Å². The molecule has 3 nitrogen and oxygen atoms in total.